The molecule has 3 aromatic heterocycles. The van der Waals surface area contributed by atoms with Crippen molar-refractivity contribution in [2.45, 2.75) is 0 Å². The Bertz CT molecular complexity index is 1100. The van der Waals surface area contributed by atoms with Gasteiger partial charge in [0.1, 0.15) is 4.92 Å². The number of carbonyl (C=O) groups is 1. The number of aromatic nitrogens is 2. The van der Waals surface area contributed by atoms with Crippen molar-refractivity contribution in [2.75, 3.05) is 5.32 Å². The van der Waals surface area contributed by atoms with Gasteiger partial charge in [-0.1, -0.05) is 6.07 Å². The average Bonchev–Trinajstić information content (AvgIpc) is 3.29. The van der Waals surface area contributed by atoms with Crippen LogP contribution in [0.25, 0.3) is 22.7 Å². The quantitative estimate of drug-likeness (QED) is 0.440. The molecule has 4 rings (SSSR count). The summed E-state index contributed by atoms with van der Waals surface area (Å²) in [6.45, 7) is 0. The third kappa shape index (κ3) is 2.88. The maximum absolute atomic E-state index is 12.2. The summed E-state index contributed by atoms with van der Waals surface area (Å²) in [5.74, 6) is -0.894. The Morgan fingerprint density at radius 2 is 2.00 bits per heavy atom. The smallest absolute Gasteiger partial charge is 0.433 e. The van der Waals surface area contributed by atoms with Gasteiger partial charge in [-0.05, 0) is 36.4 Å². The zero-order valence-corrected chi connectivity index (χ0v) is 13.1. The monoisotopic (exact) mass is 350 g/mol. The van der Waals surface area contributed by atoms with Gasteiger partial charge in [0.15, 0.2) is 17.0 Å². The highest BCUT2D eigenvalue weighted by Crippen LogP contribution is 2.25. The topological polar surface area (TPSA) is 124 Å². The van der Waals surface area contributed by atoms with Crippen LogP contribution in [-0.4, -0.2) is 20.8 Å². The molecule has 0 unspecified atom stereocenters. The van der Waals surface area contributed by atoms with Crippen LogP contribution >= 0.6 is 0 Å². The van der Waals surface area contributed by atoms with Gasteiger partial charge in [-0.15, -0.1) is 0 Å². The van der Waals surface area contributed by atoms with E-state index in [4.69, 9.17) is 8.83 Å². The number of amides is 1. The molecule has 1 amide bonds. The third-order valence-corrected chi connectivity index (χ3v) is 3.53. The molecule has 0 aliphatic carbocycles. The second-order valence-electron chi connectivity index (χ2n) is 5.27. The molecule has 1 aromatic carbocycles. The molecular weight excluding hydrogens is 340 g/mol. The Hall–Kier alpha value is -4.01. The maximum Gasteiger partial charge on any atom is 0.433 e. The molecule has 26 heavy (non-hydrogen) atoms. The summed E-state index contributed by atoms with van der Waals surface area (Å²) in [4.78, 5) is 30.5. The Labute approximate surface area is 145 Å². The normalized spacial score (nSPS) is 10.8. The van der Waals surface area contributed by atoms with Crippen LogP contribution in [0, 0.1) is 10.1 Å². The molecule has 9 heteroatoms. The molecule has 0 atom stereocenters. The van der Waals surface area contributed by atoms with Crippen molar-refractivity contribution >= 4 is 28.7 Å². The van der Waals surface area contributed by atoms with E-state index in [1.54, 1.807) is 42.6 Å². The van der Waals surface area contributed by atoms with Crippen LogP contribution in [0.3, 0.4) is 0 Å². The summed E-state index contributed by atoms with van der Waals surface area (Å²) in [5.41, 5.74) is 2.15. The number of benzene rings is 1. The number of rotatable bonds is 4. The largest absolute Gasteiger partial charge is 0.434 e. The van der Waals surface area contributed by atoms with E-state index >= 15 is 0 Å². The molecule has 0 radical (unpaired) electrons. The van der Waals surface area contributed by atoms with Crippen molar-refractivity contribution in [2.24, 2.45) is 0 Å². The number of oxazole rings is 1. The fourth-order valence-corrected chi connectivity index (χ4v) is 2.36. The molecule has 3 heterocycles. The van der Waals surface area contributed by atoms with Crippen LogP contribution < -0.4 is 5.32 Å². The van der Waals surface area contributed by atoms with Crippen LogP contribution in [0.4, 0.5) is 11.6 Å². The summed E-state index contributed by atoms with van der Waals surface area (Å²) in [6, 6.07) is 12.7. The van der Waals surface area contributed by atoms with Gasteiger partial charge in [-0.25, -0.2) is 4.98 Å². The lowest BCUT2D eigenvalue weighted by Gasteiger charge is -2.04. The van der Waals surface area contributed by atoms with Crippen LogP contribution in [0.5, 0.6) is 0 Å². The third-order valence-electron chi connectivity index (χ3n) is 3.53. The number of nitrogens with one attached hydrogen (secondary N) is 1. The lowest BCUT2D eigenvalue weighted by molar-refractivity contribution is -0.402. The number of furan rings is 1. The van der Waals surface area contributed by atoms with E-state index in [0.29, 0.717) is 28.4 Å². The van der Waals surface area contributed by atoms with Crippen molar-refractivity contribution in [1.29, 1.82) is 0 Å². The molecular formula is C17H10N4O5. The molecule has 0 saturated heterocycles. The Balaban J connectivity index is 1.59. The summed E-state index contributed by atoms with van der Waals surface area (Å²) < 4.78 is 10.5. The fraction of sp³-hybridized carbons (Fsp3) is 0. The van der Waals surface area contributed by atoms with Gasteiger partial charge >= 0.3 is 5.88 Å². The zero-order valence-electron chi connectivity index (χ0n) is 13.1. The Morgan fingerprint density at radius 3 is 2.77 bits per heavy atom. The number of carbonyl (C=O) groups excluding carboxylic acids is 1. The minimum absolute atomic E-state index is 0.159. The first kappa shape index (κ1) is 15.5. The first-order valence-corrected chi connectivity index (χ1v) is 7.48. The molecule has 128 valence electrons. The van der Waals surface area contributed by atoms with Crippen molar-refractivity contribution in [3.05, 3.63) is 70.6 Å². The van der Waals surface area contributed by atoms with E-state index in [2.05, 4.69) is 15.3 Å². The van der Waals surface area contributed by atoms with Gasteiger partial charge in [-0.2, -0.15) is 4.98 Å². The van der Waals surface area contributed by atoms with Gasteiger partial charge in [0.25, 0.3) is 5.91 Å². The lowest BCUT2D eigenvalue weighted by Crippen LogP contribution is -2.10. The van der Waals surface area contributed by atoms with Gasteiger partial charge in [0.05, 0.1) is 6.07 Å². The molecule has 0 aliphatic rings. The van der Waals surface area contributed by atoms with Crippen LogP contribution in [0.15, 0.2) is 63.6 Å². The lowest BCUT2D eigenvalue weighted by atomic mass is 10.2. The maximum atomic E-state index is 12.2. The second-order valence-corrected chi connectivity index (χ2v) is 5.27. The van der Waals surface area contributed by atoms with Crippen molar-refractivity contribution < 1.29 is 18.6 Å². The molecule has 0 fully saturated rings. The van der Waals surface area contributed by atoms with Gasteiger partial charge in [0.2, 0.25) is 5.89 Å². The van der Waals surface area contributed by atoms with E-state index in [0.717, 1.165) is 6.07 Å². The van der Waals surface area contributed by atoms with E-state index in [1.165, 1.54) is 6.07 Å². The van der Waals surface area contributed by atoms with E-state index < -0.39 is 16.7 Å². The number of nitrogens with zero attached hydrogens (tertiary/aromatic N) is 3. The highest BCUT2D eigenvalue weighted by molar-refractivity contribution is 6.02. The van der Waals surface area contributed by atoms with Crippen LogP contribution in [0.1, 0.15) is 10.6 Å². The number of nitro groups is 1. The second kappa shape index (κ2) is 6.13. The Morgan fingerprint density at radius 1 is 1.12 bits per heavy atom. The Kier molecular flexibility index (Phi) is 3.66. The molecule has 0 spiro atoms. The minimum Gasteiger partial charge on any atom is -0.434 e. The van der Waals surface area contributed by atoms with E-state index in [9.17, 15) is 14.9 Å². The van der Waals surface area contributed by atoms with Gasteiger partial charge < -0.3 is 14.2 Å². The van der Waals surface area contributed by atoms with Crippen molar-refractivity contribution in [1.82, 2.24) is 9.97 Å². The number of hydrogen-bond acceptors (Lipinski definition) is 7. The number of fused-ring (bicyclic) bond motifs is 1. The first-order valence-electron chi connectivity index (χ1n) is 7.48. The zero-order chi connectivity index (χ0) is 18.1. The first-order chi connectivity index (χ1) is 12.6. The van der Waals surface area contributed by atoms with Gasteiger partial charge in [-0.3, -0.25) is 14.9 Å². The summed E-state index contributed by atoms with van der Waals surface area (Å²) in [5, 5.41) is 13.2. The molecule has 0 saturated carbocycles. The molecule has 0 aliphatic heterocycles. The number of anilines is 1. The van der Waals surface area contributed by atoms with Crippen molar-refractivity contribution in [3.63, 3.8) is 0 Å². The summed E-state index contributed by atoms with van der Waals surface area (Å²) in [6.07, 6.45) is 1.62. The van der Waals surface area contributed by atoms with Gasteiger partial charge in [0, 0.05) is 17.4 Å². The fourth-order valence-electron chi connectivity index (χ4n) is 2.36. The summed E-state index contributed by atoms with van der Waals surface area (Å²) >= 11 is 0. The van der Waals surface area contributed by atoms with E-state index in [1.807, 2.05) is 0 Å². The SMILES string of the molecule is O=C(Nc1cccc(-c2nc3ncccc3o2)c1)c1ccc([N+](=O)[O-])o1. The highest BCUT2D eigenvalue weighted by atomic mass is 16.6. The highest BCUT2D eigenvalue weighted by Gasteiger charge is 2.18. The number of hydrogen-bond donors (Lipinski definition) is 1. The molecule has 4 aromatic rings. The van der Waals surface area contributed by atoms with E-state index in [-0.39, 0.29) is 5.76 Å². The number of pyridine rings is 1. The molecule has 1 N–H and O–H groups in total. The predicted octanol–water partition coefficient (Wildman–Crippen LogP) is 3.64. The molecule has 0 bridgehead atoms. The minimum atomic E-state index is -0.710. The molecule has 9 nitrogen and oxygen atoms in total. The van der Waals surface area contributed by atoms with Crippen molar-refractivity contribution in [3.8, 4) is 11.5 Å². The standard InChI is InChI=1S/C17H10N4O5/c22-16(13-6-7-14(25-13)21(23)24)19-11-4-1-3-10(9-11)17-20-15-12(26-17)5-2-8-18-15/h1-9H,(H,19,22). The average molecular weight is 350 g/mol. The van der Waals surface area contributed by atoms with Crippen LogP contribution in [0.2, 0.25) is 0 Å². The van der Waals surface area contributed by atoms with Crippen LogP contribution in [-0.2, 0) is 0 Å². The predicted molar refractivity (Wildman–Crippen MR) is 90.6 cm³/mol. The summed E-state index contributed by atoms with van der Waals surface area (Å²) in [7, 11) is 0.